The molecule has 0 aromatic carbocycles. The number of aromatic nitrogens is 1. The lowest BCUT2D eigenvalue weighted by molar-refractivity contribution is -0.124. The fourth-order valence-electron chi connectivity index (χ4n) is 3.71. The lowest BCUT2D eigenvalue weighted by atomic mass is 10.0. The molecule has 0 unspecified atom stereocenters. The molecule has 2 aliphatic heterocycles. The van der Waals surface area contributed by atoms with Gasteiger partial charge in [0, 0.05) is 44.1 Å². The number of nitrogens with zero attached hydrogens (tertiary/aromatic N) is 3. The van der Waals surface area contributed by atoms with Crippen molar-refractivity contribution >= 4 is 21.8 Å². The summed E-state index contributed by atoms with van der Waals surface area (Å²) in [5.41, 5.74) is 0.527. The number of likely N-dealkylation sites (N-methyl/N-ethyl adjacent to an activating group) is 1. The molecular formula is C15H20N4O4S. The van der Waals surface area contributed by atoms with Crippen molar-refractivity contribution in [1.29, 1.82) is 0 Å². The van der Waals surface area contributed by atoms with Crippen LogP contribution >= 0.6 is 0 Å². The SMILES string of the molecule is CNC(=O)[C@H]1C[C@@H]2CN(C(=O)c3ccncc3)C[C@@H]2N1S(C)(=O)=O. The predicted molar refractivity (Wildman–Crippen MR) is 86.6 cm³/mol. The van der Waals surface area contributed by atoms with E-state index in [1.165, 1.54) is 11.4 Å². The smallest absolute Gasteiger partial charge is 0.254 e. The van der Waals surface area contributed by atoms with Gasteiger partial charge in [0.25, 0.3) is 5.91 Å². The summed E-state index contributed by atoms with van der Waals surface area (Å²) in [6, 6.07) is 2.22. The van der Waals surface area contributed by atoms with Gasteiger partial charge in [0.15, 0.2) is 0 Å². The quantitative estimate of drug-likeness (QED) is 0.776. The van der Waals surface area contributed by atoms with Crippen LogP contribution in [0, 0.1) is 5.92 Å². The first-order valence-corrected chi connectivity index (χ1v) is 9.57. The van der Waals surface area contributed by atoms with Gasteiger partial charge in [-0.3, -0.25) is 14.6 Å². The normalized spacial score (nSPS) is 27.1. The number of hydrogen-bond acceptors (Lipinski definition) is 5. The molecule has 2 amide bonds. The van der Waals surface area contributed by atoms with Crippen molar-refractivity contribution in [3.8, 4) is 0 Å². The Labute approximate surface area is 140 Å². The minimum absolute atomic E-state index is 0.0344. The molecule has 9 heteroatoms. The lowest BCUT2D eigenvalue weighted by Gasteiger charge is -2.27. The zero-order chi connectivity index (χ0) is 17.5. The van der Waals surface area contributed by atoms with Crippen LogP contribution < -0.4 is 5.32 Å². The molecule has 3 atom stereocenters. The van der Waals surface area contributed by atoms with Crippen molar-refractivity contribution in [2.75, 3.05) is 26.4 Å². The number of sulfonamides is 1. The summed E-state index contributed by atoms with van der Waals surface area (Å²) in [5.74, 6) is -0.480. The standard InChI is InChI=1S/C15H20N4O4S/c1-16-14(20)12-7-11-8-18(9-13(11)19(12)24(2,22)23)15(21)10-3-5-17-6-4-10/h3-6,11-13H,7-9H2,1-2H3,(H,16,20)/t11-,12-,13+/m1/s1. The molecular weight excluding hydrogens is 332 g/mol. The molecule has 1 N–H and O–H groups in total. The summed E-state index contributed by atoms with van der Waals surface area (Å²) < 4.78 is 25.6. The van der Waals surface area contributed by atoms with Gasteiger partial charge in [-0.25, -0.2) is 8.42 Å². The number of hydrogen-bond donors (Lipinski definition) is 1. The third kappa shape index (κ3) is 2.89. The molecule has 3 heterocycles. The van der Waals surface area contributed by atoms with Crippen LogP contribution in [0.5, 0.6) is 0 Å². The van der Waals surface area contributed by atoms with Gasteiger partial charge in [-0.15, -0.1) is 0 Å². The first-order valence-electron chi connectivity index (χ1n) is 7.72. The lowest BCUT2D eigenvalue weighted by Crippen LogP contribution is -2.49. The van der Waals surface area contributed by atoms with E-state index in [1.807, 2.05) is 0 Å². The van der Waals surface area contributed by atoms with Crippen molar-refractivity contribution in [3.63, 3.8) is 0 Å². The number of pyridine rings is 1. The molecule has 1 aromatic rings. The van der Waals surface area contributed by atoms with Gasteiger partial charge in [-0.2, -0.15) is 4.31 Å². The summed E-state index contributed by atoms with van der Waals surface area (Å²) in [5, 5.41) is 2.53. The summed E-state index contributed by atoms with van der Waals surface area (Å²) >= 11 is 0. The summed E-state index contributed by atoms with van der Waals surface area (Å²) in [7, 11) is -2.05. The van der Waals surface area contributed by atoms with Gasteiger partial charge in [0.05, 0.1) is 6.26 Å². The number of likely N-dealkylation sites (tertiary alicyclic amines) is 1. The molecule has 2 saturated heterocycles. The Morgan fingerprint density at radius 3 is 2.50 bits per heavy atom. The average Bonchev–Trinajstić information content (AvgIpc) is 3.10. The fraction of sp³-hybridized carbons (Fsp3) is 0.533. The first kappa shape index (κ1) is 16.8. The van der Waals surface area contributed by atoms with E-state index in [4.69, 9.17) is 0 Å². The van der Waals surface area contributed by atoms with Gasteiger partial charge in [0.2, 0.25) is 15.9 Å². The Hall–Kier alpha value is -2.00. The molecule has 0 bridgehead atoms. The average molecular weight is 352 g/mol. The van der Waals surface area contributed by atoms with E-state index in [9.17, 15) is 18.0 Å². The third-order valence-corrected chi connectivity index (χ3v) is 6.00. The molecule has 2 aliphatic rings. The number of carbonyl (C=O) groups excluding carboxylic acids is 2. The van der Waals surface area contributed by atoms with Crippen molar-refractivity contribution in [2.24, 2.45) is 5.92 Å². The number of fused-ring (bicyclic) bond motifs is 1. The molecule has 24 heavy (non-hydrogen) atoms. The maximum atomic E-state index is 12.6. The second-order valence-corrected chi connectivity index (χ2v) is 8.12. The van der Waals surface area contributed by atoms with Crippen LogP contribution in [0.15, 0.2) is 24.5 Å². The molecule has 3 rings (SSSR count). The van der Waals surface area contributed by atoms with E-state index in [1.54, 1.807) is 29.4 Å². The Morgan fingerprint density at radius 2 is 1.92 bits per heavy atom. The highest BCUT2D eigenvalue weighted by Crippen LogP contribution is 2.37. The molecule has 0 radical (unpaired) electrons. The van der Waals surface area contributed by atoms with Crippen LogP contribution in [0.4, 0.5) is 0 Å². The molecule has 8 nitrogen and oxygen atoms in total. The van der Waals surface area contributed by atoms with Crippen molar-refractivity contribution < 1.29 is 18.0 Å². The van der Waals surface area contributed by atoms with Crippen LogP contribution in [-0.4, -0.2) is 72.9 Å². The van der Waals surface area contributed by atoms with Crippen molar-refractivity contribution in [2.45, 2.75) is 18.5 Å². The van der Waals surface area contributed by atoms with E-state index < -0.39 is 16.1 Å². The molecule has 0 spiro atoms. The maximum Gasteiger partial charge on any atom is 0.254 e. The Morgan fingerprint density at radius 1 is 1.25 bits per heavy atom. The van der Waals surface area contributed by atoms with Gasteiger partial charge >= 0.3 is 0 Å². The molecule has 2 fully saturated rings. The van der Waals surface area contributed by atoms with Gasteiger partial charge in [0.1, 0.15) is 6.04 Å². The number of rotatable bonds is 3. The van der Waals surface area contributed by atoms with Crippen LogP contribution in [0.2, 0.25) is 0 Å². The Bertz CT molecular complexity index is 752. The minimum atomic E-state index is -3.55. The van der Waals surface area contributed by atoms with E-state index in [0.29, 0.717) is 25.1 Å². The van der Waals surface area contributed by atoms with Crippen molar-refractivity contribution in [3.05, 3.63) is 30.1 Å². The predicted octanol–water partition coefficient (Wildman–Crippen LogP) is -0.698. The van der Waals surface area contributed by atoms with E-state index in [2.05, 4.69) is 10.3 Å². The van der Waals surface area contributed by atoms with Crippen LogP contribution in [0.1, 0.15) is 16.8 Å². The largest absolute Gasteiger partial charge is 0.358 e. The van der Waals surface area contributed by atoms with Crippen LogP contribution in [0.3, 0.4) is 0 Å². The fourth-order valence-corrected chi connectivity index (χ4v) is 5.08. The highest BCUT2D eigenvalue weighted by atomic mass is 32.2. The summed E-state index contributed by atoms with van der Waals surface area (Å²) in [6.07, 6.45) is 4.64. The highest BCUT2D eigenvalue weighted by Gasteiger charge is 2.53. The number of amides is 2. The third-order valence-electron chi connectivity index (χ3n) is 4.71. The second-order valence-electron chi connectivity index (χ2n) is 6.23. The monoisotopic (exact) mass is 352 g/mol. The van der Waals surface area contributed by atoms with E-state index in [0.717, 1.165) is 6.26 Å². The van der Waals surface area contributed by atoms with Gasteiger partial charge in [-0.1, -0.05) is 0 Å². The van der Waals surface area contributed by atoms with Crippen LogP contribution in [0.25, 0.3) is 0 Å². The van der Waals surface area contributed by atoms with Crippen molar-refractivity contribution in [1.82, 2.24) is 19.5 Å². The number of nitrogens with one attached hydrogen (secondary N) is 1. The van der Waals surface area contributed by atoms with E-state index >= 15 is 0 Å². The molecule has 0 aliphatic carbocycles. The second kappa shape index (κ2) is 6.14. The van der Waals surface area contributed by atoms with Gasteiger partial charge in [-0.05, 0) is 24.5 Å². The molecule has 130 valence electrons. The number of carbonyl (C=O) groups is 2. The van der Waals surface area contributed by atoms with Gasteiger partial charge < -0.3 is 10.2 Å². The topological polar surface area (TPSA) is 99.7 Å². The first-order chi connectivity index (χ1) is 11.3. The zero-order valence-electron chi connectivity index (χ0n) is 13.5. The van der Waals surface area contributed by atoms with E-state index in [-0.39, 0.29) is 23.8 Å². The zero-order valence-corrected chi connectivity index (χ0v) is 14.4. The maximum absolute atomic E-state index is 12.6. The molecule has 0 saturated carbocycles. The minimum Gasteiger partial charge on any atom is -0.358 e. The highest BCUT2D eigenvalue weighted by molar-refractivity contribution is 7.88. The Balaban J connectivity index is 1.82. The van der Waals surface area contributed by atoms with Crippen LogP contribution in [-0.2, 0) is 14.8 Å². The summed E-state index contributed by atoms with van der Waals surface area (Å²) in [6.45, 7) is 0.748. The molecule has 1 aromatic heterocycles. The summed E-state index contributed by atoms with van der Waals surface area (Å²) in [4.78, 5) is 30.1. The Kier molecular flexibility index (Phi) is 4.31.